The number of fused-ring (bicyclic) bond motifs is 6. The standard InChI is InChI=1S/C35H27BrN2O5/c1-42-23-10-7-9-21(18-23)31(39)29-30(32(40)22-14-15-28(43-2)26(36)19-22)38-17-16-20-8-3-4-11-24(20)33(38)35(29)25-12-5-6-13-27(25)37-34(35)41/h3-19,29-30,33H,1-2H3,(H,37,41)/t29-,30+,33-,35-/m0/s1. The maximum absolute atomic E-state index is 14.9. The van der Waals surface area contributed by atoms with Gasteiger partial charge in [0.25, 0.3) is 0 Å². The minimum atomic E-state index is -1.40. The molecule has 0 unspecified atom stereocenters. The Bertz CT molecular complexity index is 1850. The van der Waals surface area contributed by atoms with Crippen molar-refractivity contribution in [3.8, 4) is 11.5 Å². The van der Waals surface area contributed by atoms with E-state index in [4.69, 9.17) is 9.47 Å². The van der Waals surface area contributed by atoms with Crippen LogP contribution in [-0.2, 0) is 10.2 Å². The maximum Gasteiger partial charge on any atom is 0.238 e. The molecule has 7 nitrogen and oxygen atoms in total. The van der Waals surface area contributed by atoms with Crippen LogP contribution < -0.4 is 14.8 Å². The molecule has 4 atom stereocenters. The average Bonchev–Trinajstić information content (AvgIpc) is 3.52. The molecule has 43 heavy (non-hydrogen) atoms. The molecule has 4 aromatic carbocycles. The summed E-state index contributed by atoms with van der Waals surface area (Å²) in [6, 6.07) is 25.7. The van der Waals surface area contributed by atoms with Crippen molar-refractivity contribution in [3.63, 3.8) is 0 Å². The van der Waals surface area contributed by atoms with Gasteiger partial charge in [-0.15, -0.1) is 0 Å². The summed E-state index contributed by atoms with van der Waals surface area (Å²) in [6.07, 6.45) is 3.81. The third-order valence-electron chi connectivity index (χ3n) is 8.91. The van der Waals surface area contributed by atoms with E-state index in [1.807, 2.05) is 65.7 Å². The molecule has 7 rings (SSSR count). The van der Waals surface area contributed by atoms with Gasteiger partial charge in [0.2, 0.25) is 5.91 Å². The molecule has 0 radical (unpaired) electrons. The fourth-order valence-corrected chi connectivity index (χ4v) is 7.65. The molecule has 4 aromatic rings. The number of nitrogens with zero attached hydrogens (tertiary/aromatic N) is 1. The van der Waals surface area contributed by atoms with E-state index in [0.29, 0.717) is 38.3 Å². The lowest BCUT2D eigenvalue weighted by atomic mass is 9.62. The molecule has 1 saturated heterocycles. The number of hydrogen-bond donors (Lipinski definition) is 1. The third kappa shape index (κ3) is 3.89. The van der Waals surface area contributed by atoms with Crippen LogP contribution in [0.1, 0.15) is 43.4 Å². The zero-order valence-electron chi connectivity index (χ0n) is 23.4. The molecule has 3 aliphatic rings. The van der Waals surface area contributed by atoms with Crippen molar-refractivity contribution in [2.75, 3.05) is 19.5 Å². The fraction of sp³-hybridized carbons (Fsp3) is 0.171. The molecule has 1 N–H and O–H groups in total. The van der Waals surface area contributed by atoms with Gasteiger partial charge in [0, 0.05) is 23.0 Å². The minimum absolute atomic E-state index is 0.271. The molecular formula is C35H27BrN2O5. The molecule has 0 bridgehead atoms. The molecule has 0 aliphatic carbocycles. The number of nitrogens with one attached hydrogen (secondary N) is 1. The zero-order valence-corrected chi connectivity index (χ0v) is 25.0. The maximum atomic E-state index is 14.9. The number of carbonyl (C=O) groups excluding carboxylic acids is 3. The second kappa shape index (κ2) is 10.2. The topological polar surface area (TPSA) is 84.9 Å². The molecular weight excluding hydrogens is 608 g/mol. The van der Waals surface area contributed by atoms with Crippen LogP contribution in [0, 0.1) is 5.92 Å². The summed E-state index contributed by atoms with van der Waals surface area (Å²) in [5, 5.41) is 3.07. The quantitative estimate of drug-likeness (QED) is 0.246. The number of amides is 1. The highest BCUT2D eigenvalue weighted by Crippen LogP contribution is 2.62. The van der Waals surface area contributed by atoms with E-state index in [0.717, 1.165) is 11.1 Å². The first kappa shape index (κ1) is 27.2. The molecule has 3 aliphatic heterocycles. The Morgan fingerprint density at radius 3 is 2.42 bits per heavy atom. The van der Waals surface area contributed by atoms with Gasteiger partial charge >= 0.3 is 0 Å². The Morgan fingerprint density at radius 1 is 0.860 bits per heavy atom. The number of Topliss-reactive ketones (excluding diaryl/α,β-unsaturated/α-hetero) is 2. The minimum Gasteiger partial charge on any atom is -0.497 e. The summed E-state index contributed by atoms with van der Waals surface area (Å²) in [5.74, 6) is -0.861. The van der Waals surface area contributed by atoms with E-state index in [2.05, 4.69) is 21.2 Å². The van der Waals surface area contributed by atoms with Crippen molar-refractivity contribution in [3.05, 3.63) is 129 Å². The van der Waals surface area contributed by atoms with Crippen LogP contribution in [0.25, 0.3) is 6.08 Å². The number of rotatable bonds is 6. The SMILES string of the molecule is COc1cccc(C(=O)[C@@H]2[C@H](C(=O)c3ccc(OC)c(Br)c3)N3C=Cc4ccccc4[C@H]3[C@@]23C(=O)Nc2ccccc23)c1. The van der Waals surface area contributed by atoms with Crippen LogP contribution in [0.4, 0.5) is 5.69 Å². The molecule has 0 saturated carbocycles. The number of ether oxygens (including phenoxy) is 2. The lowest BCUT2D eigenvalue weighted by Crippen LogP contribution is -2.49. The van der Waals surface area contributed by atoms with E-state index >= 15 is 0 Å². The first-order valence-corrected chi connectivity index (χ1v) is 14.7. The van der Waals surface area contributed by atoms with Gasteiger partial charge in [-0.3, -0.25) is 14.4 Å². The van der Waals surface area contributed by atoms with Gasteiger partial charge in [-0.05, 0) is 75.1 Å². The number of para-hydroxylation sites is 1. The van der Waals surface area contributed by atoms with E-state index in [1.165, 1.54) is 7.11 Å². The summed E-state index contributed by atoms with van der Waals surface area (Å²) in [4.78, 5) is 46.2. The number of benzene rings is 4. The summed E-state index contributed by atoms with van der Waals surface area (Å²) >= 11 is 3.51. The number of methoxy groups -OCH3 is 2. The molecule has 8 heteroatoms. The predicted octanol–water partition coefficient (Wildman–Crippen LogP) is 6.45. The largest absolute Gasteiger partial charge is 0.497 e. The normalized spacial score (nSPS) is 22.9. The Kier molecular flexibility index (Phi) is 6.47. The van der Waals surface area contributed by atoms with Crippen LogP contribution in [0.3, 0.4) is 0 Å². The number of carbonyl (C=O) groups is 3. The first-order valence-electron chi connectivity index (χ1n) is 13.9. The lowest BCUT2D eigenvalue weighted by Gasteiger charge is -2.38. The van der Waals surface area contributed by atoms with Gasteiger partial charge in [0.1, 0.15) is 23.0 Å². The van der Waals surface area contributed by atoms with Crippen LogP contribution in [0.2, 0.25) is 0 Å². The number of ketones is 2. The van der Waals surface area contributed by atoms with Gasteiger partial charge in [-0.25, -0.2) is 0 Å². The van der Waals surface area contributed by atoms with E-state index in [1.54, 1.807) is 49.6 Å². The second-order valence-electron chi connectivity index (χ2n) is 10.9. The summed E-state index contributed by atoms with van der Waals surface area (Å²) in [6.45, 7) is 0. The Morgan fingerprint density at radius 2 is 1.63 bits per heavy atom. The molecule has 214 valence electrons. The third-order valence-corrected chi connectivity index (χ3v) is 9.53. The summed E-state index contributed by atoms with van der Waals surface area (Å²) in [5.41, 5.74) is 2.53. The molecule has 1 spiro atoms. The average molecular weight is 636 g/mol. The first-order chi connectivity index (χ1) is 20.9. The molecule has 1 fully saturated rings. The van der Waals surface area contributed by atoms with Gasteiger partial charge in [-0.2, -0.15) is 0 Å². The van der Waals surface area contributed by atoms with Gasteiger partial charge < -0.3 is 19.7 Å². The molecule has 3 heterocycles. The number of anilines is 1. The van der Waals surface area contributed by atoms with Crippen LogP contribution in [0.15, 0.2) is 102 Å². The van der Waals surface area contributed by atoms with Crippen LogP contribution >= 0.6 is 15.9 Å². The number of hydrogen-bond acceptors (Lipinski definition) is 6. The van der Waals surface area contributed by atoms with Crippen molar-refractivity contribution in [2.24, 2.45) is 5.92 Å². The Labute approximate surface area is 257 Å². The predicted molar refractivity (Wildman–Crippen MR) is 166 cm³/mol. The highest BCUT2D eigenvalue weighted by atomic mass is 79.9. The van der Waals surface area contributed by atoms with Gasteiger partial charge in [0.15, 0.2) is 11.6 Å². The van der Waals surface area contributed by atoms with Crippen LogP contribution in [-0.4, -0.2) is 42.6 Å². The van der Waals surface area contributed by atoms with Crippen molar-refractivity contribution in [2.45, 2.75) is 17.5 Å². The molecule has 0 aromatic heterocycles. The summed E-state index contributed by atoms with van der Waals surface area (Å²) < 4.78 is 11.5. The fourth-order valence-electron chi connectivity index (χ4n) is 7.11. The lowest BCUT2D eigenvalue weighted by molar-refractivity contribution is -0.122. The van der Waals surface area contributed by atoms with Crippen molar-refractivity contribution in [1.82, 2.24) is 4.90 Å². The number of halogens is 1. The second-order valence-corrected chi connectivity index (χ2v) is 11.7. The molecule has 1 amide bonds. The highest BCUT2D eigenvalue weighted by Gasteiger charge is 2.70. The van der Waals surface area contributed by atoms with E-state index in [-0.39, 0.29) is 17.5 Å². The van der Waals surface area contributed by atoms with Crippen molar-refractivity contribution >= 4 is 45.2 Å². The van der Waals surface area contributed by atoms with Crippen molar-refractivity contribution in [1.29, 1.82) is 0 Å². The Hall–Kier alpha value is -4.69. The smallest absolute Gasteiger partial charge is 0.238 e. The Balaban J connectivity index is 1.52. The highest BCUT2D eigenvalue weighted by molar-refractivity contribution is 9.10. The summed E-state index contributed by atoms with van der Waals surface area (Å²) in [7, 11) is 3.10. The van der Waals surface area contributed by atoms with Crippen LogP contribution in [0.5, 0.6) is 11.5 Å². The van der Waals surface area contributed by atoms with Gasteiger partial charge in [-0.1, -0.05) is 54.6 Å². The van der Waals surface area contributed by atoms with Crippen molar-refractivity contribution < 1.29 is 23.9 Å². The van der Waals surface area contributed by atoms with E-state index < -0.39 is 23.4 Å². The zero-order chi connectivity index (χ0) is 29.9. The van der Waals surface area contributed by atoms with Gasteiger partial charge in [0.05, 0.1) is 30.7 Å². The van der Waals surface area contributed by atoms with E-state index in [9.17, 15) is 14.4 Å². The monoisotopic (exact) mass is 634 g/mol.